The van der Waals surface area contributed by atoms with Crippen LogP contribution in [0.3, 0.4) is 0 Å². The number of phenols is 1. The van der Waals surface area contributed by atoms with Gasteiger partial charge in [0.25, 0.3) is 5.91 Å². The minimum Gasteiger partial charge on any atom is -0.507 e. The summed E-state index contributed by atoms with van der Waals surface area (Å²) in [6.45, 7) is 0. The van der Waals surface area contributed by atoms with Crippen LogP contribution in [0, 0.1) is 0 Å². The number of carbonyl (C=O) groups excluding carboxylic acids is 1. The highest BCUT2D eigenvalue weighted by Gasteiger charge is 2.12. The van der Waals surface area contributed by atoms with Gasteiger partial charge in [-0.15, -0.1) is 0 Å². The van der Waals surface area contributed by atoms with Crippen molar-refractivity contribution in [2.75, 3.05) is 5.32 Å². The largest absolute Gasteiger partial charge is 0.507 e. The molecule has 4 nitrogen and oxygen atoms in total. The zero-order valence-electron chi connectivity index (χ0n) is 9.02. The second-order valence-corrected chi connectivity index (χ2v) is 4.64. The number of hydrogen-bond acceptors (Lipinski definition) is 3. The molecule has 0 aliphatic rings. The Hall–Kier alpha value is -1.59. The Morgan fingerprint density at radius 1 is 1.39 bits per heavy atom. The van der Waals surface area contributed by atoms with E-state index in [4.69, 9.17) is 11.6 Å². The van der Waals surface area contributed by atoms with Crippen LogP contribution in [0.15, 0.2) is 41.1 Å². The van der Waals surface area contributed by atoms with Crippen LogP contribution in [0.25, 0.3) is 0 Å². The van der Waals surface area contributed by atoms with Crippen molar-refractivity contribution in [2.45, 2.75) is 0 Å². The van der Waals surface area contributed by atoms with Gasteiger partial charge in [-0.2, -0.15) is 0 Å². The van der Waals surface area contributed by atoms with Gasteiger partial charge in [0.05, 0.1) is 11.3 Å². The van der Waals surface area contributed by atoms with Crippen LogP contribution >= 0.6 is 27.5 Å². The number of aromatic hydroxyl groups is 1. The molecule has 1 heterocycles. The highest BCUT2D eigenvalue weighted by molar-refractivity contribution is 9.10. The van der Waals surface area contributed by atoms with Crippen molar-refractivity contribution in [3.8, 4) is 5.75 Å². The summed E-state index contributed by atoms with van der Waals surface area (Å²) in [4.78, 5) is 15.9. The third-order valence-electron chi connectivity index (χ3n) is 2.21. The third kappa shape index (κ3) is 2.80. The van der Waals surface area contributed by atoms with Crippen LogP contribution in [-0.2, 0) is 0 Å². The maximum atomic E-state index is 11.9. The zero-order chi connectivity index (χ0) is 13.1. The standard InChI is InChI=1S/C12H8BrClN2O2/c13-11-9(2-1-5-15-11)16-12(18)8-4-3-7(14)6-10(8)17/h1-6,17H,(H,16,18). The number of carbonyl (C=O) groups is 1. The molecule has 2 N–H and O–H groups in total. The second kappa shape index (κ2) is 5.37. The number of halogens is 2. The highest BCUT2D eigenvalue weighted by atomic mass is 79.9. The van der Waals surface area contributed by atoms with Gasteiger partial charge in [-0.1, -0.05) is 11.6 Å². The van der Waals surface area contributed by atoms with Crippen molar-refractivity contribution in [1.29, 1.82) is 0 Å². The lowest BCUT2D eigenvalue weighted by Crippen LogP contribution is -2.12. The zero-order valence-corrected chi connectivity index (χ0v) is 11.4. The van der Waals surface area contributed by atoms with E-state index >= 15 is 0 Å². The van der Waals surface area contributed by atoms with Gasteiger partial charge in [-0.05, 0) is 46.3 Å². The summed E-state index contributed by atoms with van der Waals surface area (Å²) in [7, 11) is 0. The molecule has 2 rings (SSSR count). The summed E-state index contributed by atoms with van der Waals surface area (Å²) < 4.78 is 0.520. The van der Waals surface area contributed by atoms with E-state index in [0.717, 1.165) is 0 Å². The molecule has 0 atom stereocenters. The predicted octanol–water partition coefficient (Wildman–Crippen LogP) is 3.46. The average Bonchev–Trinajstić information content (AvgIpc) is 2.32. The molecule has 2 aromatic rings. The molecule has 0 aliphatic heterocycles. The number of anilines is 1. The lowest BCUT2D eigenvalue weighted by Gasteiger charge is -2.07. The SMILES string of the molecule is O=C(Nc1cccnc1Br)c1ccc(Cl)cc1O. The maximum Gasteiger partial charge on any atom is 0.259 e. The first kappa shape index (κ1) is 12.9. The summed E-state index contributed by atoms with van der Waals surface area (Å²) >= 11 is 8.92. The van der Waals surface area contributed by atoms with Gasteiger partial charge >= 0.3 is 0 Å². The molecular weight excluding hydrogens is 320 g/mol. The van der Waals surface area contributed by atoms with E-state index in [0.29, 0.717) is 15.3 Å². The Bertz CT molecular complexity index is 604. The van der Waals surface area contributed by atoms with Crippen molar-refractivity contribution in [3.63, 3.8) is 0 Å². The van der Waals surface area contributed by atoms with Crippen molar-refractivity contribution < 1.29 is 9.90 Å². The summed E-state index contributed by atoms with van der Waals surface area (Å²) in [5, 5.41) is 12.6. The van der Waals surface area contributed by atoms with E-state index in [1.165, 1.54) is 18.2 Å². The van der Waals surface area contributed by atoms with Crippen molar-refractivity contribution in [1.82, 2.24) is 4.98 Å². The average molecular weight is 328 g/mol. The Kier molecular flexibility index (Phi) is 3.84. The Labute approximate surface area is 117 Å². The van der Waals surface area contributed by atoms with Crippen molar-refractivity contribution in [2.24, 2.45) is 0 Å². The summed E-state index contributed by atoms with van der Waals surface area (Å²) in [5.74, 6) is -0.599. The van der Waals surface area contributed by atoms with Crippen LogP contribution in [0.1, 0.15) is 10.4 Å². The Morgan fingerprint density at radius 2 is 2.17 bits per heavy atom. The smallest absolute Gasteiger partial charge is 0.259 e. The minimum atomic E-state index is -0.433. The molecule has 92 valence electrons. The number of rotatable bonds is 2. The molecule has 0 aliphatic carbocycles. The molecule has 0 fully saturated rings. The van der Waals surface area contributed by atoms with Gasteiger partial charge in [0, 0.05) is 11.2 Å². The third-order valence-corrected chi connectivity index (χ3v) is 3.08. The van der Waals surface area contributed by atoms with E-state index in [9.17, 15) is 9.90 Å². The molecule has 0 spiro atoms. The molecule has 0 bridgehead atoms. The van der Waals surface area contributed by atoms with E-state index in [1.54, 1.807) is 18.3 Å². The minimum absolute atomic E-state index is 0.148. The molecule has 6 heteroatoms. The first-order chi connectivity index (χ1) is 8.58. The number of nitrogens with one attached hydrogen (secondary N) is 1. The van der Waals surface area contributed by atoms with Gasteiger partial charge in [0.1, 0.15) is 10.4 Å². The van der Waals surface area contributed by atoms with Crippen LogP contribution in [-0.4, -0.2) is 16.0 Å². The van der Waals surface area contributed by atoms with Crippen molar-refractivity contribution >= 4 is 39.1 Å². The molecular formula is C12H8BrClN2O2. The molecule has 0 radical (unpaired) electrons. The fourth-order valence-electron chi connectivity index (χ4n) is 1.37. The second-order valence-electron chi connectivity index (χ2n) is 3.46. The van der Waals surface area contributed by atoms with Gasteiger partial charge in [0.15, 0.2) is 0 Å². The maximum absolute atomic E-state index is 11.9. The molecule has 1 aromatic carbocycles. The number of amides is 1. The van der Waals surface area contributed by atoms with Gasteiger partial charge in [-0.25, -0.2) is 4.98 Å². The van der Waals surface area contributed by atoms with Gasteiger partial charge < -0.3 is 10.4 Å². The molecule has 0 saturated carbocycles. The quantitative estimate of drug-likeness (QED) is 0.830. The number of pyridine rings is 1. The monoisotopic (exact) mass is 326 g/mol. The predicted molar refractivity (Wildman–Crippen MR) is 73.0 cm³/mol. The number of hydrogen-bond donors (Lipinski definition) is 2. The first-order valence-electron chi connectivity index (χ1n) is 4.98. The normalized spacial score (nSPS) is 10.1. The molecule has 1 amide bonds. The molecule has 0 saturated heterocycles. The lowest BCUT2D eigenvalue weighted by atomic mass is 10.2. The number of phenolic OH excluding ortho intramolecular Hbond substituents is 1. The molecule has 1 aromatic heterocycles. The topological polar surface area (TPSA) is 62.2 Å². The number of aromatic nitrogens is 1. The van der Waals surface area contributed by atoms with Gasteiger partial charge in [-0.3, -0.25) is 4.79 Å². The summed E-state index contributed by atoms with van der Waals surface area (Å²) in [6, 6.07) is 7.70. The lowest BCUT2D eigenvalue weighted by molar-refractivity contribution is 0.102. The fourth-order valence-corrected chi connectivity index (χ4v) is 1.88. The highest BCUT2D eigenvalue weighted by Crippen LogP contribution is 2.24. The first-order valence-corrected chi connectivity index (χ1v) is 6.15. The van der Waals surface area contributed by atoms with Crippen molar-refractivity contribution in [3.05, 3.63) is 51.7 Å². The van der Waals surface area contributed by atoms with Crippen LogP contribution < -0.4 is 5.32 Å². The summed E-state index contributed by atoms with van der Waals surface area (Å²) in [6.07, 6.45) is 1.60. The fraction of sp³-hybridized carbons (Fsp3) is 0. The molecule has 18 heavy (non-hydrogen) atoms. The number of benzene rings is 1. The van der Waals surface area contributed by atoms with Crippen LogP contribution in [0.4, 0.5) is 5.69 Å². The molecule has 0 unspecified atom stereocenters. The van der Waals surface area contributed by atoms with E-state index in [2.05, 4.69) is 26.2 Å². The van der Waals surface area contributed by atoms with E-state index < -0.39 is 5.91 Å². The Balaban J connectivity index is 2.25. The van der Waals surface area contributed by atoms with Crippen LogP contribution in [0.2, 0.25) is 5.02 Å². The van der Waals surface area contributed by atoms with Gasteiger partial charge in [0.2, 0.25) is 0 Å². The van der Waals surface area contributed by atoms with Crippen LogP contribution in [0.5, 0.6) is 5.75 Å². The van der Waals surface area contributed by atoms with E-state index in [-0.39, 0.29) is 11.3 Å². The summed E-state index contributed by atoms with van der Waals surface area (Å²) in [5.41, 5.74) is 0.673. The number of nitrogens with zero attached hydrogens (tertiary/aromatic N) is 1. The van der Waals surface area contributed by atoms with E-state index in [1.807, 2.05) is 0 Å². The Morgan fingerprint density at radius 3 is 2.83 bits per heavy atom.